The lowest BCUT2D eigenvalue weighted by Crippen LogP contribution is -2.45. The van der Waals surface area contributed by atoms with Crippen LogP contribution >= 0.6 is 0 Å². The number of unbranched alkanes of at least 4 members (excludes halogenated alkanes) is 19. The van der Waals surface area contributed by atoms with Crippen molar-refractivity contribution in [2.24, 2.45) is 0 Å². The molecule has 0 spiro atoms. The van der Waals surface area contributed by atoms with Crippen molar-refractivity contribution in [3.63, 3.8) is 0 Å². The van der Waals surface area contributed by atoms with Crippen LogP contribution in [0.3, 0.4) is 0 Å². The van der Waals surface area contributed by atoms with E-state index in [4.69, 9.17) is 9.47 Å². The van der Waals surface area contributed by atoms with Crippen LogP contribution in [0.5, 0.6) is 0 Å². The van der Waals surface area contributed by atoms with E-state index in [0.29, 0.717) is 13.0 Å². The van der Waals surface area contributed by atoms with Gasteiger partial charge in [0.25, 0.3) is 0 Å². The predicted octanol–water partition coefficient (Wildman–Crippen LogP) is 11.1. The third kappa shape index (κ3) is 33.4. The van der Waals surface area contributed by atoms with Crippen molar-refractivity contribution in [3.8, 4) is 0 Å². The maximum atomic E-state index is 12.1. The summed E-state index contributed by atoms with van der Waals surface area (Å²) in [5.41, 5.74) is 0. The quantitative estimate of drug-likeness (QED) is 0.0329. The minimum Gasteiger partial charge on any atom is -0.460 e. The first-order valence-electron chi connectivity index (χ1n) is 18.4. The molecule has 0 saturated carbocycles. The van der Waals surface area contributed by atoms with Crippen LogP contribution in [-0.4, -0.2) is 57.5 Å². The van der Waals surface area contributed by atoms with Crippen molar-refractivity contribution in [1.29, 1.82) is 0 Å². The fourth-order valence-corrected chi connectivity index (χ4v) is 5.09. The van der Waals surface area contributed by atoms with Gasteiger partial charge >= 0.3 is 5.97 Å². The summed E-state index contributed by atoms with van der Waals surface area (Å²) >= 11 is 0. The third-order valence-corrected chi connectivity index (χ3v) is 8.24. The van der Waals surface area contributed by atoms with Crippen molar-refractivity contribution in [3.05, 3.63) is 24.3 Å². The van der Waals surface area contributed by atoms with E-state index in [1.54, 1.807) is 0 Å². The lowest BCUT2D eigenvalue weighted by molar-refractivity contribution is -0.890. The number of rotatable bonds is 33. The molecule has 0 atom stereocenters. The zero-order chi connectivity index (χ0) is 30.8. The Morgan fingerprint density at radius 1 is 0.500 bits per heavy atom. The van der Waals surface area contributed by atoms with Crippen LogP contribution in [0.15, 0.2) is 24.3 Å². The van der Waals surface area contributed by atoms with Gasteiger partial charge in [0.1, 0.15) is 19.7 Å². The highest BCUT2D eigenvalue weighted by Crippen LogP contribution is 2.11. The van der Waals surface area contributed by atoms with Gasteiger partial charge in [-0.25, -0.2) is 0 Å². The third-order valence-electron chi connectivity index (χ3n) is 8.24. The van der Waals surface area contributed by atoms with Gasteiger partial charge in [-0.2, -0.15) is 0 Å². The van der Waals surface area contributed by atoms with Crippen LogP contribution in [0, 0.1) is 0 Å². The molecule has 0 unspecified atom stereocenters. The number of hydrogen-bond donors (Lipinski definition) is 0. The topological polar surface area (TPSA) is 35.5 Å². The van der Waals surface area contributed by atoms with Gasteiger partial charge in [-0.15, -0.1) is 0 Å². The zero-order valence-corrected chi connectivity index (χ0v) is 29.0. The van der Waals surface area contributed by atoms with Crippen LogP contribution in [0.25, 0.3) is 0 Å². The molecule has 4 heteroatoms. The molecule has 0 N–H and O–H groups in total. The normalized spacial score (nSPS) is 12.2. The van der Waals surface area contributed by atoms with E-state index in [1.807, 2.05) is 0 Å². The number of carbonyl (C=O) groups is 1. The number of allylic oxidation sites excluding steroid dienone is 4. The van der Waals surface area contributed by atoms with E-state index < -0.39 is 0 Å². The Bertz CT molecular complexity index is 613. The molecule has 0 aliphatic heterocycles. The summed E-state index contributed by atoms with van der Waals surface area (Å²) in [6, 6.07) is 0. The molecule has 0 rings (SSSR count). The Hall–Kier alpha value is -1.13. The summed E-state index contributed by atoms with van der Waals surface area (Å²) in [6.07, 6.45) is 39.5. The van der Waals surface area contributed by atoms with Gasteiger partial charge in [-0.1, -0.05) is 122 Å². The lowest BCUT2D eigenvalue weighted by Gasteiger charge is -2.29. The highest BCUT2D eigenvalue weighted by molar-refractivity contribution is 5.69. The molecule has 0 aliphatic rings. The second-order valence-corrected chi connectivity index (χ2v) is 13.1. The Morgan fingerprint density at radius 3 is 1.40 bits per heavy atom. The van der Waals surface area contributed by atoms with E-state index in [1.165, 1.54) is 135 Å². The van der Waals surface area contributed by atoms with Crippen LogP contribution in [-0.2, 0) is 14.3 Å². The minimum atomic E-state index is -0.0356. The van der Waals surface area contributed by atoms with Crippen molar-refractivity contribution >= 4 is 5.97 Å². The number of nitrogens with zero attached hydrogens (tertiary/aromatic N) is 1. The molecule has 0 aromatic heterocycles. The molecule has 0 heterocycles. The number of esters is 1. The number of likely N-dealkylation sites (N-methyl/N-ethyl adjacent to an activating group) is 1. The molecule has 0 amide bonds. The van der Waals surface area contributed by atoms with Crippen molar-refractivity contribution in [1.82, 2.24) is 0 Å². The number of quaternary nitrogens is 1. The highest BCUT2D eigenvalue weighted by Gasteiger charge is 2.15. The monoisotopic (exact) mass is 593 g/mol. The molecule has 0 radical (unpaired) electrons. The van der Waals surface area contributed by atoms with E-state index in [0.717, 1.165) is 43.6 Å². The fourth-order valence-electron chi connectivity index (χ4n) is 5.09. The predicted molar refractivity (Wildman–Crippen MR) is 184 cm³/mol. The van der Waals surface area contributed by atoms with Crippen molar-refractivity contribution in [2.45, 2.75) is 168 Å². The van der Waals surface area contributed by atoms with Gasteiger partial charge in [-0.3, -0.25) is 4.79 Å². The van der Waals surface area contributed by atoms with Gasteiger partial charge in [0.15, 0.2) is 0 Å². The molecular weight excluding hydrogens is 518 g/mol. The second kappa shape index (κ2) is 32.8. The average Bonchev–Trinajstić information content (AvgIpc) is 2.97. The van der Waals surface area contributed by atoms with Gasteiger partial charge in [-0.05, 0) is 64.2 Å². The van der Waals surface area contributed by atoms with Gasteiger partial charge < -0.3 is 14.0 Å². The van der Waals surface area contributed by atoms with Crippen LogP contribution in [0.4, 0.5) is 0 Å². The standard InChI is InChI=1S/C38H74NO3/c1-5-7-9-11-13-15-17-19-21-23-25-27-29-31-35-41-36-33-39(3,4)34-37-42-38(40)32-30-28-26-24-22-20-18-16-14-12-10-8-6-2/h15-18H,5-14,19-37H2,1-4H3/q+1/b17-15+,18-16+. The fraction of sp³-hybridized carbons (Fsp3) is 0.868. The molecule has 42 heavy (non-hydrogen) atoms. The summed E-state index contributed by atoms with van der Waals surface area (Å²) in [6.45, 7) is 8.48. The first-order chi connectivity index (χ1) is 20.5. The maximum absolute atomic E-state index is 12.1. The van der Waals surface area contributed by atoms with E-state index >= 15 is 0 Å². The molecule has 248 valence electrons. The Kier molecular flexibility index (Phi) is 31.9. The van der Waals surface area contributed by atoms with E-state index in [9.17, 15) is 4.79 Å². The Morgan fingerprint density at radius 2 is 0.905 bits per heavy atom. The maximum Gasteiger partial charge on any atom is 0.305 e. The number of ether oxygens (including phenoxy) is 2. The zero-order valence-electron chi connectivity index (χ0n) is 29.0. The van der Waals surface area contributed by atoms with Crippen LogP contribution in [0.1, 0.15) is 168 Å². The molecule has 0 aromatic rings. The molecular formula is C38H74NO3+. The van der Waals surface area contributed by atoms with E-state index in [-0.39, 0.29) is 5.97 Å². The summed E-state index contributed by atoms with van der Waals surface area (Å²) < 4.78 is 12.2. The van der Waals surface area contributed by atoms with Crippen molar-refractivity contribution < 1.29 is 18.8 Å². The number of carbonyl (C=O) groups excluding carboxylic acids is 1. The lowest BCUT2D eigenvalue weighted by atomic mass is 10.1. The highest BCUT2D eigenvalue weighted by atomic mass is 16.5. The molecule has 0 saturated heterocycles. The van der Waals surface area contributed by atoms with Gasteiger partial charge in [0, 0.05) is 13.0 Å². The van der Waals surface area contributed by atoms with Crippen LogP contribution < -0.4 is 0 Å². The average molecular weight is 593 g/mol. The molecule has 0 bridgehead atoms. The van der Waals surface area contributed by atoms with Gasteiger partial charge in [0.05, 0.1) is 20.7 Å². The minimum absolute atomic E-state index is 0.0356. The van der Waals surface area contributed by atoms with Crippen LogP contribution in [0.2, 0.25) is 0 Å². The van der Waals surface area contributed by atoms with E-state index in [2.05, 4.69) is 52.2 Å². The molecule has 0 fully saturated rings. The smallest absolute Gasteiger partial charge is 0.305 e. The summed E-state index contributed by atoms with van der Waals surface area (Å²) in [4.78, 5) is 12.1. The first kappa shape index (κ1) is 40.9. The SMILES string of the molecule is CCCCCC/C=C/CCCCCCCCOCC[N+](C)(C)CCOC(=O)CCCCCCC/C=C/CCCCCC. The summed E-state index contributed by atoms with van der Waals surface area (Å²) in [5, 5.41) is 0. The number of hydrogen-bond acceptors (Lipinski definition) is 3. The largest absolute Gasteiger partial charge is 0.460 e. The molecule has 0 aromatic carbocycles. The van der Waals surface area contributed by atoms with Crippen molar-refractivity contribution in [2.75, 3.05) is 47.0 Å². The summed E-state index contributed by atoms with van der Waals surface area (Å²) in [7, 11) is 4.39. The summed E-state index contributed by atoms with van der Waals surface area (Å²) in [5.74, 6) is -0.0356. The Balaban J connectivity index is 3.45. The van der Waals surface area contributed by atoms with Gasteiger partial charge in [0.2, 0.25) is 0 Å². The molecule has 4 nitrogen and oxygen atoms in total. The Labute approximate surface area is 263 Å². The first-order valence-corrected chi connectivity index (χ1v) is 18.4. The molecule has 0 aliphatic carbocycles. The second-order valence-electron chi connectivity index (χ2n) is 13.1.